The van der Waals surface area contributed by atoms with Crippen LogP contribution in [0, 0.1) is 0 Å². The monoisotopic (exact) mass is 323 g/mol. The number of ether oxygens (including phenoxy) is 1. The summed E-state index contributed by atoms with van der Waals surface area (Å²) in [6.07, 6.45) is 0.786. The van der Waals surface area contributed by atoms with Gasteiger partial charge in [0, 0.05) is 24.1 Å². The van der Waals surface area contributed by atoms with Gasteiger partial charge in [-0.3, -0.25) is 4.79 Å². The van der Waals surface area contributed by atoms with E-state index in [1.54, 1.807) is 7.11 Å². The fourth-order valence-corrected chi connectivity index (χ4v) is 3.12. The lowest BCUT2D eigenvalue weighted by molar-refractivity contribution is 0.0837. The second-order valence-electron chi connectivity index (χ2n) is 4.63. The van der Waals surface area contributed by atoms with Gasteiger partial charge >= 0.3 is 0 Å². The van der Waals surface area contributed by atoms with Crippen LogP contribution < -0.4 is 5.32 Å². The van der Waals surface area contributed by atoms with E-state index in [0.717, 1.165) is 11.3 Å². The zero-order valence-electron chi connectivity index (χ0n) is 12.1. The number of amides is 1. The van der Waals surface area contributed by atoms with Gasteiger partial charge in [-0.05, 0) is 36.2 Å². The van der Waals surface area contributed by atoms with Gasteiger partial charge in [-0.15, -0.1) is 11.3 Å². The maximum atomic E-state index is 12.1. The Morgan fingerprint density at radius 1 is 1.29 bits per heavy atom. The van der Waals surface area contributed by atoms with Crippen LogP contribution in [-0.4, -0.2) is 19.6 Å². The highest BCUT2D eigenvalue weighted by Gasteiger charge is 2.15. The van der Waals surface area contributed by atoms with Gasteiger partial charge in [-0.1, -0.05) is 30.7 Å². The first kappa shape index (κ1) is 16.0. The number of methoxy groups -OCH3 is 1. The van der Waals surface area contributed by atoms with Gasteiger partial charge in [-0.25, -0.2) is 0 Å². The molecule has 2 aromatic rings. The second-order valence-corrected chi connectivity index (χ2v) is 6.37. The van der Waals surface area contributed by atoms with E-state index in [1.807, 2.05) is 36.4 Å². The molecule has 1 aromatic carbocycles. The zero-order chi connectivity index (χ0) is 15.2. The Bertz CT molecular complexity index is 595. The zero-order valence-corrected chi connectivity index (χ0v) is 13.6. The number of halogens is 1. The molecule has 1 atom stereocenters. The predicted octanol–water partition coefficient (Wildman–Crippen LogP) is 4.08. The molecule has 0 spiro atoms. The van der Waals surface area contributed by atoms with Crippen molar-refractivity contribution in [3.05, 3.63) is 56.7 Å². The maximum absolute atomic E-state index is 12.1. The van der Waals surface area contributed by atoms with Crippen molar-refractivity contribution in [2.24, 2.45) is 0 Å². The van der Waals surface area contributed by atoms with Crippen LogP contribution in [0.1, 0.15) is 33.8 Å². The average molecular weight is 324 g/mol. The summed E-state index contributed by atoms with van der Waals surface area (Å²) in [4.78, 5) is 13.1. The molecule has 3 nitrogen and oxygen atoms in total. The van der Waals surface area contributed by atoms with Crippen molar-refractivity contribution >= 4 is 28.8 Å². The summed E-state index contributed by atoms with van der Waals surface area (Å²) in [5.74, 6) is -0.0950. The van der Waals surface area contributed by atoms with Gasteiger partial charge in [0.05, 0.1) is 4.34 Å². The number of nitrogens with one attached hydrogen (secondary N) is 1. The number of hydrogen-bond acceptors (Lipinski definition) is 3. The molecule has 0 saturated carbocycles. The number of hydrogen-bond donors (Lipinski definition) is 1. The highest BCUT2D eigenvalue weighted by molar-refractivity contribution is 7.16. The molecule has 0 fully saturated rings. The molecule has 0 saturated heterocycles. The molecule has 1 heterocycles. The van der Waals surface area contributed by atoms with Crippen LogP contribution in [0.4, 0.5) is 0 Å². The Labute approximate surface area is 133 Å². The Morgan fingerprint density at radius 2 is 2.00 bits per heavy atom. The van der Waals surface area contributed by atoms with Crippen LogP contribution in [-0.2, 0) is 11.2 Å². The first-order valence-corrected chi connectivity index (χ1v) is 7.98. The molecule has 5 heteroatoms. The summed E-state index contributed by atoms with van der Waals surface area (Å²) >= 11 is 7.39. The minimum atomic E-state index is -0.179. The molecule has 0 bridgehead atoms. The van der Waals surface area contributed by atoms with Crippen LogP contribution in [0.25, 0.3) is 0 Å². The molecule has 21 heavy (non-hydrogen) atoms. The molecular weight excluding hydrogens is 306 g/mol. The Balaban J connectivity index is 1.95. The highest BCUT2D eigenvalue weighted by atomic mass is 35.5. The molecule has 1 N–H and O–H groups in total. The lowest BCUT2D eigenvalue weighted by Crippen LogP contribution is -2.28. The van der Waals surface area contributed by atoms with Crippen molar-refractivity contribution in [3.63, 3.8) is 0 Å². The third-order valence-corrected chi connectivity index (χ3v) is 4.59. The highest BCUT2D eigenvalue weighted by Crippen LogP contribution is 2.28. The topological polar surface area (TPSA) is 38.3 Å². The van der Waals surface area contributed by atoms with Gasteiger partial charge in [0.25, 0.3) is 5.91 Å². The van der Waals surface area contributed by atoms with Crippen molar-refractivity contribution < 1.29 is 9.53 Å². The van der Waals surface area contributed by atoms with Gasteiger partial charge in [0.15, 0.2) is 0 Å². The molecule has 1 aromatic heterocycles. The largest absolute Gasteiger partial charge is 0.374 e. The molecule has 0 radical (unpaired) electrons. The maximum Gasteiger partial charge on any atom is 0.251 e. The van der Waals surface area contributed by atoms with Gasteiger partial charge < -0.3 is 10.1 Å². The summed E-state index contributed by atoms with van der Waals surface area (Å²) < 4.78 is 6.13. The van der Waals surface area contributed by atoms with Gasteiger partial charge in [-0.2, -0.15) is 0 Å². The van der Waals surface area contributed by atoms with E-state index >= 15 is 0 Å². The standard InChI is InChI=1S/C16H18ClNO2S/c1-3-11-4-6-12(7-5-11)16(19)18-10-13(20-2)14-8-9-15(17)21-14/h4-9,13H,3,10H2,1-2H3,(H,18,19). The summed E-state index contributed by atoms with van der Waals surface area (Å²) in [7, 11) is 1.63. The fourth-order valence-electron chi connectivity index (χ4n) is 1.98. The number of thiophene rings is 1. The third kappa shape index (κ3) is 4.30. The normalized spacial score (nSPS) is 12.1. The molecule has 0 aliphatic carbocycles. The minimum absolute atomic E-state index is 0.0950. The molecule has 0 aliphatic rings. The molecule has 0 aliphatic heterocycles. The van der Waals surface area contributed by atoms with Crippen LogP contribution >= 0.6 is 22.9 Å². The fraction of sp³-hybridized carbons (Fsp3) is 0.312. The third-order valence-electron chi connectivity index (χ3n) is 3.27. The summed E-state index contributed by atoms with van der Waals surface area (Å²) in [5.41, 5.74) is 1.88. The van der Waals surface area contributed by atoms with Crippen LogP contribution in [0.2, 0.25) is 4.34 Å². The Hall–Kier alpha value is -1.36. The summed E-state index contributed by atoms with van der Waals surface area (Å²) in [6.45, 7) is 2.51. The van der Waals surface area contributed by atoms with Crippen molar-refractivity contribution in [1.29, 1.82) is 0 Å². The van der Waals surface area contributed by atoms with E-state index in [0.29, 0.717) is 16.4 Å². The van der Waals surface area contributed by atoms with Crippen LogP contribution in [0.5, 0.6) is 0 Å². The van der Waals surface area contributed by atoms with Gasteiger partial charge in [0.1, 0.15) is 6.10 Å². The number of carbonyl (C=O) groups is 1. The van der Waals surface area contributed by atoms with E-state index < -0.39 is 0 Å². The van der Waals surface area contributed by atoms with Crippen molar-refractivity contribution in [1.82, 2.24) is 5.32 Å². The van der Waals surface area contributed by atoms with Crippen molar-refractivity contribution in [3.8, 4) is 0 Å². The van der Waals surface area contributed by atoms with E-state index in [4.69, 9.17) is 16.3 Å². The minimum Gasteiger partial charge on any atom is -0.374 e. The summed E-state index contributed by atoms with van der Waals surface area (Å²) in [5, 5.41) is 2.89. The molecule has 1 unspecified atom stereocenters. The Morgan fingerprint density at radius 3 is 2.52 bits per heavy atom. The van der Waals surface area contributed by atoms with Crippen molar-refractivity contribution in [2.75, 3.05) is 13.7 Å². The smallest absolute Gasteiger partial charge is 0.251 e. The molecular formula is C16H18ClNO2S. The number of aryl methyl sites for hydroxylation is 1. The van der Waals surface area contributed by atoms with E-state index in [1.165, 1.54) is 16.9 Å². The first-order chi connectivity index (χ1) is 10.1. The molecule has 2 rings (SSSR count). The lowest BCUT2D eigenvalue weighted by atomic mass is 10.1. The van der Waals surface area contributed by atoms with Gasteiger partial charge in [0.2, 0.25) is 0 Å². The SMILES string of the molecule is CCc1ccc(C(=O)NCC(OC)c2ccc(Cl)s2)cc1. The summed E-state index contributed by atoms with van der Waals surface area (Å²) in [6, 6.07) is 11.4. The predicted molar refractivity (Wildman–Crippen MR) is 87.2 cm³/mol. The van der Waals surface area contributed by atoms with Crippen LogP contribution in [0.3, 0.4) is 0 Å². The molecule has 1 amide bonds. The quantitative estimate of drug-likeness (QED) is 0.869. The van der Waals surface area contributed by atoms with E-state index in [9.17, 15) is 4.79 Å². The van der Waals surface area contributed by atoms with Crippen molar-refractivity contribution in [2.45, 2.75) is 19.4 Å². The Kier molecular flexibility index (Phi) is 5.79. The van der Waals surface area contributed by atoms with E-state index in [-0.39, 0.29) is 12.0 Å². The van der Waals surface area contributed by atoms with Crippen LogP contribution in [0.15, 0.2) is 36.4 Å². The lowest BCUT2D eigenvalue weighted by Gasteiger charge is -2.14. The molecule has 112 valence electrons. The second kappa shape index (κ2) is 7.59. The number of benzene rings is 1. The first-order valence-electron chi connectivity index (χ1n) is 6.79. The van der Waals surface area contributed by atoms with E-state index in [2.05, 4.69) is 12.2 Å². The number of carbonyl (C=O) groups excluding carboxylic acids is 1. The average Bonchev–Trinajstić information content (AvgIpc) is 2.94. The number of rotatable bonds is 6.